The maximum absolute atomic E-state index is 13.2. The van der Waals surface area contributed by atoms with Crippen LogP contribution in [-0.2, 0) is 11.0 Å². The summed E-state index contributed by atoms with van der Waals surface area (Å²) in [5.41, 5.74) is 1.77. The highest BCUT2D eigenvalue weighted by atomic mass is 32.2. The molecule has 0 saturated carbocycles. The van der Waals surface area contributed by atoms with Crippen LogP contribution in [-0.4, -0.2) is 16.0 Å². The Morgan fingerprint density at radius 1 is 0.750 bits per heavy atom. The van der Waals surface area contributed by atoms with Crippen molar-refractivity contribution < 1.29 is 13.8 Å². The van der Waals surface area contributed by atoms with Gasteiger partial charge in [0, 0.05) is 16.6 Å². The maximum Gasteiger partial charge on any atom is 0.266 e. The molecule has 1 atom stereocenters. The number of amides is 2. The minimum atomic E-state index is -1.51. The number of imide groups is 1. The van der Waals surface area contributed by atoms with Crippen LogP contribution in [0.3, 0.4) is 0 Å². The Hall–Kier alpha value is -4.17. The molecule has 5 rings (SSSR count). The van der Waals surface area contributed by atoms with Gasteiger partial charge in [0.25, 0.3) is 11.8 Å². The summed E-state index contributed by atoms with van der Waals surface area (Å²) in [6, 6.07) is 23.5. The molecule has 0 aromatic heterocycles. The van der Waals surface area contributed by atoms with Gasteiger partial charge in [-0.15, -0.1) is 4.91 Å². The second-order valence-electron chi connectivity index (χ2n) is 7.16. The molecule has 1 aliphatic rings. The fourth-order valence-electron chi connectivity index (χ4n) is 3.77. The summed E-state index contributed by atoms with van der Waals surface area (Å²) in [7, 11) is -1.51. The van der Waals surface area contributed by atoms with E-state index in [9.17, 15) is 18.7 Å². The number of hydrogen-bond donors (Lipinski definition) is 1. The van der Waals surface area contributed by atoms with Crippen molar-refractivity contribution in [3.63, 3.8) is 0 Å². The Morgan fingerprint density at radius 3 is 2.03 bits per heavy atom. The fraction of sp³-hybridized carbons (Fsp3) is 0.143. The van der Waals surface area contributed by atoms with Gasteiger partial charge in [-0.05, 0) is 65.2 Å². The summed E-state index contributed by atoms with van der Waals surface area (Å²) in [5.74, 6) is -1.00. The summed E-state index contributed by atoms with van der Waals surface area (Å²) in [5, 5.41) is 4.07. The summed E-state index contributed by atoms with van der Waals surface area (Å²) >= 11 is 0. The first-order chi connectivity index (χ1) is 17.6. The van der Waals surface area contributed by atoms with Gasteiger partial charge in [0.15, 0.2) is 0 Å². The first-order valence-electron chi connectivity index (χ1n) is 11.7. The third-order valence-corrected chi connectivity index (χ3v) is 6.35. The summed E-state index contributed by atoms with van der Waals surface area (Å²) in [6.07, 6.45) is 0. The number of nitrogens with one attached hydrogen (secondary N) is 1. The highest BCUT2D eigenvalue weighted by Crippen LogP contribution is 2.35. The zero-order valence-corrected chi connectivity index (χ0v) is 21.3. The number of benzene rings is 4. The number of para-hydroxylation sites is 1. The van der Waals surface area contributed by atoms with Crippen LogP contribution < -0.4 is 9.62 Å². The summed E-state index contributed by atoms with van der Waals surface area (Å²) < 4.78 is 15.5. The maximum atomic E-state index is 13.2. The second-order valence-corrected chi connectivity index (χ2v) is 8.38. The Kier molecular flexibility index (Phi) is 8.81. The molecule has 0 saturated heterocycles. The van der Waals surface area contributed by atoms with Crippen LogP contribution >= 0.6 is 0 Å². The van der Waals surface area contributed by atoms with E-state index in [-0.39, 0.29) is 11.3 Å². The third-order valence-electron chi connectivity index (χ3n) is 5.23. The van der Waals surface area contributed by atoms with Crippen molar-refractivity contribution in [2.75, 3.05) is 9.62 Å². The van der Waals surface area contributed by atoms with Gasteiger partial charge in [0.2, 0.25) is 0 Å². The SMILES string of the molecule is CC.CC.O=Nc1cc2c3c(cccc3c1)C(=O)N(c1ccc(S(=O)Nc3ccccc3)cc1)C2=O. The monoisotopic (exact) mass is 501 g/mol. The van der Waals surface area contributed by atoms with Crippen LogP contribution in [0.15, 0.2) is 95.0 Å². The van der Waals surface area contributed by atoms with Gasteiger partial charge in [-0.1, -0.05) is 58.0 Å². The number of carbonyl (C=O) groups is 2. The zero-order chi connectivity index (χ0) is 26.2. The minimum Gasteiger partial charge on any atom is -0.301 e. The van der Waals surface area contributed by atoms with Gasteiger partial charge in [-0.25, -0.2) is 9.11 Å². The molecule has 1 unspecified atom stereocenters. The van der Waals surface area contributed by atoms with Crippen molar-refractivity contribution >= 4 is 50.6 Å². The number of carbonyl (C=O) groups excluding carboxylic acids is 2. The molecular formula is C28H27N3O4S. The molecule has 0 bridgehead atoms. The lowest BCUT2D eigenvalue weighted by molar-refractivity contribution is 0.0893. The summed E-state index contributed by atoms with van der Waals surface area (Å²) in [4.78, 5) is 39.1. The minimum absolute atomic E-state index is 0.116. The molecule has 2 amide bonds. The molecule has 0 aliphatic carbocycles. The molecule has 8 heteroatoms. The number of nitrogens with zero attached hydrogens (tertiary/aromatic N) is 2. The van der Waals surface area contributed by atoms with Crippen molar-refractivity contribution in [2.24, 2.45) is 5.18 Å². The van der Waals surface area contributed by atoms with Crippen LogP contribution in [0.5, 0.6) is 0 Å². The first kappa shape index (κ1) is 26.4. The highest BCUT2D eigenvalue weighted by molar-refractivity contribution is 7.86. The van der Waals surface area contributed by atoms with Gasteiger partial charge >= 0.3 is 0 Å². The van der Waals surface area contributed by atoms with E-state index in [4.69, 9.17) is 0 Å². The van der Waals surface area contributed by atoms with Crippen LogP contribution in [0.1, 0.15) is 48.4 Å². The molecule has 0 radical (unpaired) electrons. The van der Waals surface area contributed by atoms with Crippen molar-refractivity contribution in [2.45, 2.75) is 32.6 Å². The first-order valence-corrected chi connectivity index (χ1v) is 12.8. The van der Waals surface area contributed by atoms with Crippen LogP contribution in [0.4, 0.5) is 17.1 Å². The molecule has 1 aliphatic heterocycles. The largest absolute Gasteiger partial charge is 0.301 e. The van der Waals surface area contributed by atoms with E-state index in [1.807, 2.05) is 45.9 Å². The van der Waals surface area contributed by atoms with E-state index in [1.54, 1.807) is 60.7 Å². The molecule has 4 aromatic carbocycles. The van der Waals surface area contributed by atoms with E-state index >= 15 is 0 Å². The van der Waals surface area contributed by atoms with Crippen molar-refractivity contribution in [1.29, 1.82) is 0 Å². The Labute approximate surface area is 212 Å². The third kappa shape index (κ3) is 5.08. The van der Waals surface area contributed by atoms with Gasteiger partial charge in [0.05, 0.1) is 16.1 Å². The van der Waals surface area contributed by atoms with E-state index < -0.39 is 22.8 Å². The smallest absolute Gasteiger partial charge is 0.266 e. The van der Waals surface area contributed by atoms with Crippen molar-refractivity contribution in [3.8, 4) is 0 Å². The quantitative estimate of drug-likeness (QED) is 0.230. The zero-order valence-electron chi connectivity index (χ0n) is 20.5. The molecule has 0 spiro atoms. The van der Waals surface area contributed by atoms with Gasteiger partial charge < -0.3 is 4.72 Å². The molecular weight excluding hydrogens is 474 g/mol. The second kappa shape index (κ2) is 12.0. The molecule has 1 heterocycles. The Bertz CT molecular complexity index is 1420. The number of rotatable bonds is 5. The average molecular weight is 502 g/mol. The lowest BCUT2D eigenvalue weighted by Gasteiger charge is -2.27. The average Bonchev–Trinajstić information content (AvgIpc) is 2.94. The predicted molar refractivity (Wildman–Crippen MR) is 146 cm³/mol. The standard InChI is InChI=1S/C24H15N3O4S.2C2H6/c28-23-20-8-4-5-15-13-17(25-30)14-21(22(15)20)24(29)27(23)18-9-11-19(12-10-18)32(31)26-16-6-2-1-3-7-16;2*1-2/h1-14,26H;2*1-2H3. The van der Waals surface area contributed by atoms with Crippen LogP contribution in [0.25, 0.3) is 10.8 Å². The molecule has 1 N–H and O–H groups in total. The van der Waals surface area contributed by atoms with Gasteiger partial charge in [-0.3, -0.25) is 9.59 Å². The molecule has 4 aromatic rings. The molecule has 184 valence electrons. The summed E-state index contributed by atoms with van der Waals surface area (Å²) in [6.45, 7) is 8.00. The van der Waals surface area contributed by atoms with Crippen LogP contribution in [0.2, 0.25) is 0 Å². The normalized spacial score (nSPS) is 12.6. The van der Waals surface area contributed by atoms with Crippen molar-refractivity contribution in [1.82, 2.24) is 0 Å². The van der Waals surface area contributed by atoms with E-state index in [0.717, 1.165) is 4.90 Å². The van der Waals surface area contributed by atoms with E-state index in [0.29, 0.717) is 32.6 Å². The molecule has 7 nitrogen and oxygen atoms in total. The lowest BCUT2D eigenvalue weighted by atomic mass is 9.93. The topological polar surface area (TPSA) is 95.9 Å². The lowest BCUT2D eigenvalue weighted by Crippen LogP contribution is -2.40. The number of hydrogen-bond acceptors (Lipinski definition) is 5. The highest BCUT2D eigenvalue weighted by Gasteiger charge is 2.34. The molecule has 36 heavy (non-hydrogen) atoms. The van der Waals surface area contributed by atoms with Crippen molar-refractivity contribution in [3.05, 3.63) is 101 Å². The number of nitroso groups, excluding NO2 is 1. The molecule has 0 fully saturated rings. The van der Waals surface area contributed by atoms with E-state index in [1.165, 1.54) is 6.07 Å². The Balaban J connectivity index is 0.000000861. The van der Waals surface area contributed by atoms with Crippen LogP contribution in [0, 0.1) is 4.91 Å². The fourth-order valence-corrected chi connectivity index (χ4v) is 4.62. The van der Waals surface area contributed by atoms with Gasteiger partial charge in [0.1, 0.15) is 16.7 Å². The van der Waals surface area contributed by atoms with Gasteiger partial charge in [-0.2, -0.15) is 0 Å². The van der Waals surface area contributed by atoms with E-state index in [2.05, 4.69) is 9.90 Å². The number of anilines is 2. The Morgan fingerprint density at radius 2 is 1.39 bits per heavy atom. The predicted octanol–water partition coefficient (Wildman–Crippen LogP) is 7.23.